The molecule has 1 saturated carbocycles. The van der Waals surface area contributed by atoms with Crippen LogP contribution in [0.4, 0.5) is 0 Å². The maximum absolute atomic E-state index is 3.41. The van der Waals surface area contributed by atoms with Crippen molar-refractivity contribution in [1.29, 1.82) is 0 Å². The first-order valence-corrected chi connectivity index (χ1v) is 3.67. The van der Waals surface area contributed by atoms with Crippen molar-refractivity contribution in [2.24, 2.45) is 11.8 Å². The van der Waals surface area contributed by atoms with Gasteiger partial charge in [0.05, 0.1) is 0 Å². The second-order valence-corrected chi connectivity index (χ2v) is 3.08. The number of hydrogen-bond acceptors (Lipinski definition) is 1. The minimum absolute atomic E-state index is 1.13. The van der Waals surface area contributed by atoms with Gasteiger partial charge in [-0.05, 0) is 44.2 Å². The van der Waals surface area contributed by atoms with Gasteiger partial charge in [0.25, 0.3) is 0 Å². The van der Waals surface area contributed by atoms with E-state index in [-0.39, 0.29) is 0 Å². The van der Waals surface area contributed by atoms with Crippen LogP contribution in [-0.2, 0) is 0 Å². The lowest BCUT2D eigenvalue weighted by Crippen LogP contribution is -2.14. The fourth-order valence-electron chi connectivity index (χ4n) is 1.72. The molecule has 0 aromatic carbocycles. The molecule has 1 heteroatoms. The molecule has 1 aliphatic carbocycles. The van der Waals surface area contributed by atoms with Crippen LogP contribution in [0, 0.1) is 11.8 Å². The van der Waals surface area contributed by atoms with Gasteiger partial charge in [-0.15, -0.1) is 0 Å². The molecule has 2 aliphatic rings. The summed E-state index contributed by atoms with van der Waals surface area (Å²) in [6.45, 7) is 2.56. The number of hydrogen-bond donors (Lipinski definition) is 1. The van der Waals surface area contributed by atoms with Crippen LogP contribution in [0.3, 0.4) is 0 Å². The lowest BCUT2D eigenvalue weighted by Gasteiger charge is -1.95. The van der Waals surface area contributed by atoms with E-state index in [1.165, 1.54) is 25.9 Å². The molecule has 0 aromatic heterocycles. The van der Waals surface area contributed by atoms with Crippen LogP contribution in [-0.4, -0.2) is 13.1 Å². The third kappa shape index (κ3) is 0.752. The summed E-state index contributed by atoms with van der Waals surface area (Å²) in [6.07, 6.45) is 4.44. The van der Waals surface area contributed by atoms with Gasteiger partial charge in [-0.1, -0.05) is 0 Å². The zero-order chi connectivity index (χ0) is 5.40. The van der Waals surface area contributed by atoms with E-state index in [1.807, 2.05) is 0 Å². The molecule has 0 aromatic rings. The fourth-order valence-corrected chi connectivity index (χ4v) is 1.72. The molecule has 1 aliphatic heterocycles. The lowest BCUT2D eigenvalue weighted by molar-refractivity contribution is 0.651. The van der Waals surface area contributed by atoms with Crippen molar-refractivity contribution in [3.8, 4) is 0 Å². The summed E-state index contributed by atoms with van der Waals surface area (Å²) in [5.74, 6) is 2.26. The maximum Gasteiger partial charge on any atom is -0.00462 e. The summed E-state index contributed by atoms with van der Waals surface area (Å²) in [5.41, 5.74) is 0. The summed E-state index contributed by atoms with van der Waals surface area (Å²) < 4.78 is 0. The molecule has 46 valence electrons. The highest BCUT2D eigenvalue weighted by Crippen LogP contribution is 2.44. The Morgan fingerprint density at radius 2 is 1.62 bits per heavy atom. The minimum Gasteiger partial charge on any atom is -0.317 e. The van der Waals surface area contributed by atoms with E-state index in [1.54, 1.807) is 6.42 Å². The van der Waals surface area contributed by atoms with E-state index >= 15 is 0 Å². The summed E-state index contributed by atoms with van der Waals surface area (Å²) in [6, 6.07) is 0. The Labute approximate surface area is 50.5 Å². The third-order valence-electron chi connectivity index (χ3n) is 2.45. The molecule has 1 nitrogen and oxygen atoms in total. The molecule has 8 heavy (non-hydrogen) atoms. The monoisotopic (exact) mass is 111 g/mol. The smallest absolute Gasteiger partial charge is 0.00462 e. The average molecular weight is 111 g/mol. The molecule has 0 spiro atoms. The zero-order valence-electron chi connectivity index (χ0n) is 5.19. The van der Waals surface area contributed by atoms with E-state index in [2.05, 4.69) is 5.32 Å². The molecular formula is C7H13N. The van der Waals surface area contributed by atoms with Gasteiger partial charge in [0.1, 0.15) is 0 Å². The zero-order valence-corrected chi connectivity index (χ0v) is 5.19. The highest BCUT2D eigenvalue weighted by atomic mass is 14.9. The van der Waals surface area contributed by atoms with Gasteiger partial charge in [-0.2, -0.15) is 0 Å². The van der Waals surface area contributed by atoms with Gasteiger partial charge in [0, 0.05) is 0 Å². The van der Waals surface area contributed by atoms with Crippen LogP contribution in [0.25, 0.3) is 0 Å². The summed E-state index contributed by atoms with van der Waals surface area (Å²) >= 11 is 0. The second-order valence-electron chi connectivity index (χ2n) is 3.08. The summed E-state index contributed by atoms with van der Waals surface area (Å²) in [7, 11) is 0. The first-order chi connectivity index (χ1) is 3.97. The third-order valence-corrected chi connectivity index (χ3v) is 2.45. The van der Waals surface area contributed by atoms with Crippen LogP contribution in [0.15, 0.2) is 0 Å². The Balaban J connectivity index is 1.89. The van der Waals surface area contributed by atoms with Gasteiger partial charge < -0.3 is 5.32 Å². The van der Waals surface area contributed by atoms with Crippen LogP contribution in [0.2, 0.25) is 0 Å². The van der Waals surface area contributed by atoms with E-state index in [0.717, 1.165) is 11.8 Å². The Kier molecular flexibility index (Phi) is 1.04. The number of fused-ring (bicyclic) bond motifs is 1. The first-order valence-electron chi connectivity index (χ1n) is 3.67. The standard InChI is InChI=1S/C7H13N/c1-3-8-4-2-7-5-6(1)7/h6-8H,1-5H2. The second kappa shape index (κ2) is 1.73. The summed E-state index contributed by atoms with van der Waals surface area (Å²) in [5, 5.41) is 3.41. The number of rotatable bonds is 0. The van der Waals surface area contributed by atoms with E-state index < -0.39 is 0 Å². The highest BCUT2D eigenvalue weighted by Gasteiger charge is 2.36. The number of nitrogens with one attached hydrogen (secondary N) is 1. The van der Waals surface area contributed by atoms with Crippen molar-refractivity contribution in [2.45, 2.75) is 19.3 Å². The molecule has 2 fully saturated rings. The molecule has 1 heterocycles. The van der Waals surface area contributed by atoms with Crippen molar-refractivity contribution in [1.82, 2.24) is 5.32 Å². The van der Waals surface area contributed by atoms with Gasteiger partial charge in [0.15, 0.2) is 0 Å². The van der Waals surface area contributed by atoms with Gasteiger partial charge in [-0.3, -0.25) is 0 Å². The van der Waals surface area contributed by atoms with E-state index in [9.17, 15) is 0 Å². The van der Waals surface area contributed by atoms with Crippen molar-refractivity contribution >= 4 is 0 Å². The van der Waals surface area contributed by atoms with E-state index in [4.69, 9.17) is 0 Å². The van der Waals surface area contributed by atoms with Crippen molar-refractivity contribution in [3.05, 3.63) is 0 Å². The molecule has 1 saturated heterocycles. The fraction of sp³-hybridized carbons (Fsp3) is 1.00. The SMILES string of the molecule is C1CC2CC2CCN1. The Morgan fingerprint density at radius 1 is 1.00 bits per heavy atom. The Hall–Kier alpha value is -0.0400. The predicted octanol–water partition coefficient (Wildman–Crippen LogP) is 1.01. The maximum atomic E-state index is 3.41. The van der Waals surface area contributed by atoms with Crippen molar-refractivity contribution in [3.63, 3.8) is 0 Å². The highest BCUT2D eigenvalue weighted by molar-refractivity contribution is 4.88. The molecule has 2 rings (SSSR count). The Morgan fingerprint density at radius 3 is 2.25 bits per heavy atom. The van der Waals surface area contributed by atoms with Crippen molar-refractivity contribution < 1.29 is 0 Å². The summed E-state index contributed by atoms with van der Waals surface area (Å²) in [4.78, 5) is 0. The normalized spacial score (nSPS) is 45.0. The van der Waals surface area contributed by atoms with E-state index in [0.29, 0.717) is 0 Å². The van der Waals surface area contributed by atoms with Crippen LogP contribution in [0.1, 0.15) is 19.3 Å². The molecule has 0 bridgehead atoms. The quantitative estimate of drug-likeness (QED) is 0.492. The lowest BCUT2D eigenvalue weighted by atomic mass is 10.2. The van der Waals surface area contributed by atoms with Crippen molar-refractivity contribution in [2.75, 3.05) is 13.1 Å². The molecule has 2 unspecified atom stereocenters. The molecular weight excluding hydrogens is 98.1 g/mol. The van der Waals surface area contributed by atoms with Gasteiger partial charge >= 0.3 is 0 Å². The van der Waals surface area contributed by atoms with Crippen LogP contribution < -0.4 is 5.32 Å². The molecule has 2 atom stereocenters. The average Bonchev–Trinajstić information content (AvgIpc) is 2.36. The predicted molar refractivity (Wildman–Crippen MR) is 33.7 cm³/mol. The van der Waals surface area contributed by atoms with Gasteiger partial charge in [-0.25, -0.2) is 0 Å². The first kappa shape index (κ1) is 4.80. The topological polar surface area (TPSA) is 12.0 Å². The van der Waals surface area contributed by atoms with Gasteiger partial charge in [0.2, 0.25) is 0 Å². The minimum atomic E-state index is 1.13. The molecule has 0 radical (unpaired) electrons. The van der Waals surface area contributed by atoms with Crippen LogP contribution in [0.5, 0.6) is 0 Å². The molecule has 0 amide bonds. The largest absolute Gasteiger partial charge is 0.317 e. The van der Waals surface area contributed by atoms with Crippen LogP contribution >= 0.6 is 0 Å². The Bertz CT molecular complexity index is 80.4. The molecule has 1 N–H and O–H groups in total.